The Morgan fingerprint density at radius 3 is 1.33 bits per heavy atom. The van der Waals surface area contributed by atoms with E-state index in [2.05, 4.69) is 0 Å². The quantitative estimate of drug-likeness (QED) is 0.271. The predicted molar refractivity (Wildman–Crippen MR) is 16.4 cm³/mol. The third kappa shape index (κ3) is 49.3. The molecule has 0 aliphatic rings. The molecule has 0 amide bonds. The van der Waals surface area contributed by atoms with E-state index < -0.39 is 10.4 Å². The second-order valence-corrected chi connectivity index (χ2v) is 1.34. The second kappa shape index (κ2) is 3.50. The zero-order chi connectivity index (χ0) is 4.50. The second-order valence-electron chi connectivity index (χ2n) is 0.448. The van der Waals surface area contributed by atoms with E-state index in [9.17, 15) is 0 Å². The maximum absolute atomic E-state index is 8.74. The molecule has 0 bridgehead atoms. The first-order valence-electron chi connectivity index (χ1n) is 0.698. The van der Waals surface area contributed by atoms with Gasteiger partial charge in [-0.05, 0) is 0 Å². The van der Waals surface area contributed by atoms with E-state index in [1.54, 1.807) is 0 Å². The summed E-state index contributed by atoms with van der Waals surface area (Å²) in [7, 11) is -4.67. The van der Waals surface area contributed by atoms with Crippen molar-refractivity contribution in [1.82, 2.24) is 0 Å². The Morgan fingerprint density at radius 1 is 1.33 bits per heavy atom. The average Bonchev–Trinajstić information content (AvgIpc) is 0.722. The molecule has 0 spiro atoms. The Hall–Kier alpha value is 1.51. The van der Waals surface area contributed by atoms with Gasteiger partial charge in [0.15, 0.2) is 0 Å². The van der Waals surface area contributed by atoms with Crippen LogP contribution in [0.4, 0.5) is 0 Å². The molecule has 0 heterocycles. The average molecular weight is 139 g/mol. The minimum atomic E-state index is -4.67. The minimum Gasteiger partial charge on any atom is -0.264 e. The van der Waals surface area contributed by atoms with Crippen LogP contribution in [0.25, 0.3) is 0 Å². The maximum Gasteiger partial charge on any atom is 1.00 e. The summed E-state index contributed by atoms with van der Waals surface area (Å²) in [6.45, 7) is 0. The molecular weight excluding hydrogens is 135 g/mol. The molecule has 6 heteroatoms. The van der Waals surface area contributed by atoms with Crippen LogP contribution in [0.1, 0.15) is 2.85 Å². The molecule has 0 aromatic carbocycles. The molecule has 0 aliphatic carbocycles. The standard InChI is InChI=1S/K.H2O4S/c;1-5(2,3)4/h;(H2,1,2,3,4)/q+1;/p+2. The summed E-state index contributed by atoms with van der Waals surface area (Å²) in [4.78, 5) is 0. The van der Waals surface area contributed by atoms with Crippen molar-refractivity contribution in [3.63, 3.8) is 0 Å². The van der Waals surface area contributed by atoms with Crippen molar-refractivity contribution >= 4 is 10.4 Å². The van der Waals surface area contributed by atoms with Crippen molar-refractivity contribution in [2.24, 2.45) is 0 Å². The molecule has 32 valence electrons. The molecule has 0 atom stereocenters. The van der Waals surface area contributed by atoms with Gasteiger partial charge in [0, 0.05) is 0 Å². The van der Waals surface area contributed by atoms with Crippen LogP contribution >= 0.6 is 0 Å². The van der Waals surface area contributed by atoms with Gasteiger partial charge in [0.2, 0.25) is 0 Å². The molecule has 0 unspecified atom stereocenters. The van der Waals surface area contributed by atoms with Crippen LogP contribution in [0.5, 0.6) is 0 Å². The Kier molecular flexibility index (Phi) is 6.12. The Morgan fingerprint density at radius 2 is 1.33 bits per heavy atom. The van der Waals surface area contributed by atoms with Crippen LogP contribution in [-0.4, -0.2) is 17.5 Å². The summed E-state index contributed by atoms with van der Waals surface area (Å²) in [5, 5.41) is 0. The first kappa shape index (κ1) is 10.5. The van der Waals surface area contributed by atoms with Crippen LogP contribution in [0.2, 0.25) is 0 Å². The summed E-state index contributed by atoms with van der Waals surface area (Å²) >= 11 is 0. The van der Waals surface area contributed by atoms with Crippen LogP contribution in [-0.2, 0) is 10.4 Å². The molecule has 0 aromatic rings. The van der Waals surface area contributed by atoms with Crippen molar-refractivity contribution in [2.45, 2.75) is 0 Å². The Bertz CT molecular complexity index is 97.2. The molecule has 4 nitrogen and oxygen atoms in total. The smallest absolute Gasteiger partial charge is 0.264 e. The normalized spacial score (nSPS) is 9.67. The maximum atomic E-state index is 8.74. The fraction of sp³-hybridized carbons (Fsp3) is 0. The van der Waals surface area contributed by atoms with Crippen LogP contribution in [0.15, 0.2) is 0 Å². The summed E-state index contributed by atoms with van der Waals surface area (Å²) in [6.07, 6.45) is 0. The summed E-state index contributed by atoms with van der Waals surface area (Å²) < 4.78 is 31.6. The first-order chi connectivity index (χ1) is 2.00. The van der Waals surface area contributed by atoms with Crippen molar-refractivity contribution in [2.75, 3.05) is 0 Å². The summed E-state index contributed by atoms with van der Waals surface area (Å²) in [5.74, 6) is 0. The van der Waals surface area contributed by atoms with Gasteiger partial charge in [-0.3, -0.25) is 9.11 Å². The fourth-order valence-corrected chi connectivity index (χ4v) is 0. The van der Waals surface area contributed by atoms with Gasteiger partial charge in [0.05, 0.1) is 0 Å². The molecule has 0 rings (SSSR count). The zero-order valence-electron chi connectivity index (χ0n) is 5.12. The van der Waals surface area contributed by atoms with E-state index >= 15 is 0 Å². The van der Waals surface area contributed by atoms with E-state index in [-0.39, 0.29) is 54.2 Å². The number of hydrogen-bond acceptors (Lipinski definition) is 2. The van der Waals surface area contributed by atoms with E-state index in [1.807, 2.05) is 0 Å². The van der Waals surface area contributed by atoms with Crippen molar-refractivity contribution < 1.29 is 71.8 Å². The summed E-state index contributed by atoms with van der Waals surface area (Å²) in [5.41, 5.74) is 0. The number of hydrogen-bond donors (Lipinski definition) is 2. The molecule has 0 radical (unpaired) electrons. The van der Waals surface area contributed by atoms with E-state index in [4.69, 9.17) is 17.5 Å². The largest absolute Gasteiger partial charge is 1.00 e. The summed E-state index contributed by atoms with van der Waals surface area (Å²) in [6, 6.07) is 0. The van der Waals surface area contributed by atoms with Gasteiger partial charge in [-0.2, -0.15) is 8.42 Å². The predicted octanol–water partition coefficient (Wildman–Crippen LogP) is -3.42. The van der Waals surface area contributed by atoms with Crippen molar-refractivity contribution in [1.29, 1.82) is 0 Å². The molecule has 6 heavy (non-hydrogen) atoms. The van der Waals surface area contributed by atoms with Gasteiger partial charge >= 0.3 is 64.6 Å². The fourth-order valence-electron chi connectivity index (χ4n) is 0. The van der Waals surface area contributed by atoms with E-state index in [1.165, 1.54) is 0 Å². The Labute approximate surface area is 80.9 Å². The molecule has 0 saturated heterocycles. The van der Waals surface area contributed by atoms with Gasteiger partial charge in [0.25, 0.3) is 0 Å². The van der Waals surface area contributed by atoms with Gasteiger partial charge < -0.3 is 0 Å². The third-order valence-corrected chi connectivity index (χ3v) is 0. The van der Waals surface area contributed by atoms with Crippen molar-refractivity contribution in [3.05, 3.63) is 0 Å². The first-order valence-corrected chi connectivity index (χ1v) is 2.10. The van der Waals surface area contributed by atoms with Gasteiger partial charge in [-0.15, -0.1) is 0 Å². The SMILES string of the molecule is O=S(=O)(O)O.[H+].[H+].[K+]. The van der Waals surface area contributed by atoms with Crippen LogP contribution < -0.4 is 51.4 Å². The molecule has 0 saturated carbocycles. The van der Waals surface area contributed by atoms with Crippen molar-refractivity contribution in [3.8, 4) is 0 Å². The molecule has 0 aromatic heterocycles. The van der Waals surface area contributed by atoms with E-state index in [0.717, 1.165) is 0 Å². The third-order valence-electron chi connectivity index (χ3n) is 0. The topological polar surface area (TPSA) is 74.6 Å². The van der Waals surface area contributed by atoms with Gasteiger partial charge in [-0.1, -0.05) is 0 Å². The Balaban J connectivity index is -0.0000000267. The number of rotatable bonds is 0. The van der Waals surface area contributed by atoms with Crippen LogP contribution in [0.3, 0.4) is 0 Å². The van der Waals surface area contributed by atoms with Gasteiger partial charge in [-0.25, -0.2) is 0 Å². The monoisotopic (exact) mass is 139 g/mol. The molecule has 0 aliphatic heterocycles. The molecule has 2 N–H and O–H groups in total. The van der Waals surface area contributed by atoms with Crippen LogP contribution in [0, 0.1) is 0 Å². The molecular formula is H4KO4S+3. The zero-order valence-corrected chi connectivity index (χ0v) is 7.06. The van der Waals surface area contributed by atoms with E-state index in [0.29, 0.717) is 0 Å². The van der Waals surface area contributed by atoms with Gasteiger partial charge in [0.1, 0.15) is 0 Å². The minimum absolute atomic E-state index is 0. The molecule has 0 fully saturated rings.